The number of benzene rings is 2. The van der Waals surface area contributed by atoms with Crippen LogP contribution in [-0.2, 0) is 0 Å². The van der Waals surface area contributed by atoms with E-state index in [-0.39, 0.29) is 5.11 Å². The lowest BCUT2D eigenvalue weighted by molar-refractivity contribution is 0.0974. The van der Waals surface area contributed by atoms with Gasteiger partial charge in [-0.2, -0.15) is 0 Å². The maximum atomic E-state index is 13.1. The summed E-state index contributed by atoms with van der Waals surface area (Å²) in [6.45, 7) is 2.27. The molecule has 0 atom stereocenters. The van der Waals surface area contributed by atoms with Gasteiger partial charge in [-0.25, -0.2) is 4.39 Å². The van der Waals surface area contributed by atoms with Crippen LogP contribution < -0.4 is 15.4 Å². The molecule has 2 aromatic carbocycles. The minimum atomic E-state index is -0.413. The van der Waals surface area contributed by atoms with Crippen molar-refractivity contribution in [3.05, 3.63) is 58.3 Å². The standard InChI is InChI=1S/C16H14BrFN2O2S/c1-2-22-14-7-6-10(17)8-13(14)15(21)20-16(23)19-12-5-3-4-11(18)9-12/h3-9H,2H2,1H3,(H2,19,20,21,23). The van der Waals surface area contributed by atoms with Gasteiger partial charge >= 0.3 is 0 Å². The zero-order valence-corrected chi connectivity index (χ0v) is 14.6. The maximum Gasteiger partial charge on any atom is 0.261 e. The highest BCUT2D eigenvalue weighted by atomic mass is 79.9. The largest absolute Gasteiger partial charge is 0.493 e. The zero-order chi connectivity index (χ0) is 16.8. The van der Waals surface area contributed by atoms with Crippen LogP contribution in [0.4, 0.5) is 10.1 Å². The molecule has 0 heterocycles. The minimum Gasteiger partial charge on any atom is -0.493 e. The van der Waals surface area contributed by atoms with E-state index in [4.69, 9.17) is 17.0 Å². The van der Waals surface area contributed by atoms with Gasteiger partial charge in [-0.15, -0.1) is 0 Å². The van der Waals surface area contributed by atoms with Crippen LogP contribution in [0.1, 0.15) is 17.3 Å². The smallest absolute Gasteiger partial charge is 0.261 e. The summed E-state index contributed by atoms with van der Waals surface area (Å²) in [5, 5.41) is 5.38. The quantitative estimate of drug-likeness (QED) is 0.763. The molecule has 0 aliphatic rings. The van der Waals surface area contributed by atoms with Crippen molar-refractivity contribution in [3.63, 3.8) is 0 Å². The SMILES string of the molecule is CCOc1ccc(Br)cc1C(=O)NC(=S)Nc1cccc(F)c1. The van der Waals surface area contributed by atoms with E-state index in [2.05, 4.69) is 26.6 Å². The van der Waals surface area contributed by atoms with Crippen LogP contribution in [0.5, 0.6) is 5.75 Å². The molecule has 4 nitrogen and oxygen atoms in total. The lowest BCUT2D eigenvalue weighted by Gasteiger charge is -2.13. The van der Waals surface area contributed by atoms with Crippen LogP contribution in [0, 0.1) is 5.82 Å². The third-order valence-corrected chi connectivity index (χ3v) is 3.49. The number of nitrogens with one attached hydrogen (secondary N) is 2. The predicted molar refractivity (Wildman–Crippen MR) is 95.4 cm³/mol. The monoisotopic (exact) mass is 396 g/mol. The van der Waals surface area contributed by atoms with Gasteiger partial charge in [0.25, 0.3) is 5.91 Å². The summed E-state index contributed by atoms with van der Waals surface area (Å²) in [6.07, 6.45) is 0. The normalized spacial score (nSPS) is 10.0. The minimum absolute atomic E-state index is 0.0722. The van der Waals surface area contributed by atoms with E-state index in [1.165, 1.54) is 12.1 Å². The molecule has 0 saturated carbocycles. The first-order chi connectivity index (χ1) is 11.0. The number of hydrogen-bond acceptors (Lipinski definition) is 3. The molecule has 0 fully saturated rings. The first-order valence-corrected chi connectivity index (χ1v) is 8.00. The second-order valence-corrected chi connectivity index (χ2v) is 5.82. The maximum absolute atomic E-state index is 13.1. The Bertz CT molecular complexity index is 740. The van der Waals surface area contributed by atoms with Crippen LogP contribution in [0.3, 0.4) is 0 Å². The lowest BCUT2D eigenvalue weighted by Crippen LogP contribution is -2.34. The Balaban J connectivity index is 2.09. The summed E-state index contributed by atoms with van der Waals surface area (Å²) in [5.41, 5.74) is 0.805. The highest BCUT2D eigenvalue weighted by molar-refractivity contribution is 9.10. The summed E-state index contributed by atoms with van der Waals surface area (Å²) in [7, 11) is 0. The molecule has 0 bridgehead atoms. The molecule has 0 aliphatic carbocycles. The first kappa shape index (κ1) is 17.4. The number of carbonyl (C=O) groups excluding carboxylic acids is 1. The summed E-state index contributed by atoms with van der Waals surface area (Å²) in [6, 6.07) is 10.9. The van der Waals surface area contributed by atoms with Crippen LogP contribution in [0.2, 0.25) is 0 Å². The number of amides is 1. The number of halogens is 2. The van der Waals surface area contributed by atoms with Gasteiger partial charge < -0.3 is 10.1 Å². The van der Waals surface area contributed by atoms with Gasteiger partial charge in [-0.1, -0.05) is 22.0 Å². The fourth-order valence-electron chi connectivity index (χ4n) is 1.86. The molecule has 0 saturated heterocycles. The predicted octanol–water partition coefficient (Wildman–Crippen LogP) is 4.11. The second kappa shape index (κ2) is 8.03. The van der Waals surface area contributed by atoms with Gasteiger partial charge in [0.2, 0.25) is 0 Å². The molecular weight excluding hydrogens is 383 g/mol. The molecule has 1 amide bonds. The van der Waals surface area contributed by atoms with Crippen molar-refractivity contribution in [1.82, 2.24) is 5.32 Å². The number of hydrogen-bond donors (Lipinski definition) is 2. The Morgan fingerprint density at radius 2 is 2.09 bits per heavy atom. The Morgan fingerprint density at radius 1 is 1.30 bits per heavy atom. The highest BCUT2D eigenvalue weighted by Crippen LogP contribution is 2.23. The van der Waals surface area contributed by atoms with Crippen molar-refractivity contribution < 1.29 is 13.9 Å². The van der Waals surface area contributed by atoms with Crippen molar-refractivity contribution in [2.24, 2.45) is 0 Å². The van der Waals surface area contributed by atoms with E-state index in [0.717, 1.165) is 4.47 Å². The summed E-state index contributed by atoms with van der Waals surface area (Å²) in [5.74, 6) is -0.347. The van der Waals surface area contributed by atoms with Gasteiger partial charge in [0.15, 0.2) is 5.11 Å². The average molecular weight is 397 g/mol. The van der Waals surface area contributed by atoms with Gasteiger partial charge in [0.1, 0.15) is 11.6 Å². The van der Waals surface area contributed by atoms with Gasteiger partial charge in [-0.05, 0) is 55.5 Å². The molecule has 2 rings (SSSR count). The third kappa shape index (κ3) is 5.01. The van der Waals surface area contributed by atoms with Crippen molar-refractivity contribution in [2.75, 3.05) is 11.9 Å². The zero-order valence-electron chi connectivity index (χ0n) is 12.2. The molecule has 0 radical (unpaired) electrons. The molecule has 2 aromatic rings. The Hall–Kier alpha value is -1.99. The molecule has 120 valence electrons. The topological polar surface area (TPSA) is 50.4 Å². The molecule has 23 heavy (non-hydrogen) atoms. The van der Waals surface area contributed by atoms with E-state index in [1.54, 1.807) is 30.3 Å². The molecule has 2 N–H and O–H groups in total. The van der Waals surface area contributed by atoms with Crippen LogP contribution >= 0.6 is 28.1 Å². The molecule has 7 heteroatoms. The van der Waals surface area contributed by atoms with Crippen LogP contribution in [-0.4, -0.2) is 17.6 Å². The molecule has 0 aliphatic heterocycles. The van der Waals surface area contributed by atoms with Crippen molar-refractivity contribution in [2.45, 2.75) is 6.92 Å². The van der Waals surface area contributed by atoms with Crippen molar-refractivity contribution >= 4 is 44.9 Å². The molecule has 0 spiro atoms. The fraction of sp³-hybridized carbons (Fsp3) is 0.125. The fourth-order valence-corrected chi connectivity index (χ4v) is 2.43. The van der Waals surface area contributed by atoms with E-state index in [9.17, 15) is 9.18 Å². The number of rotatable bonds is 4. The van der Waals surface area contributed by atoms with Gasteiger partial charge in [-0.3, -0.25) is 10.1 Å². The summed E-state index contributed by atoms with van der Waals surface area (Å²) < 4.78 is 19.3. The van der Waals surface area contributed by atoms with Crippen molar-refractivity contribution in [1.29, 1.82) is 0 Å². The molecule has 0 unspecified atom stereocenters. The van der Waals surface area contributed by atoms with Crippen LogP contribution in [0.25, 0.3) is 0 Å². The average Bonchev–Trinajstić information content (AvgIpc) is 2.49. The van der Waals surface area contributed by atoms with Crippen LogP contribution in [0.15, 0.2) is 46.9 Å². The highest BCUT2D eigenvalue weighted by Gasteiger charge is 2.14. The number of ether oxygens (including phenoxy) is 1. The second-order valence-electron chi connectivity index (χ2n) is 4.49. The van der Waals surface area contributed by atoms with Gasteiger partial charge in [0.05, 0.1) is 12.2 Å². The summed E-state index contributed by atoms with van der Waals surface area (Å²) >= 11 is 8.40. The van der Waals surface area contributed by atoms with Gasteiger partial charge in [0, 0.05) is 10.2 Å². The van der Waals surface area contributed by atoms with E-state index in [1.807, 2.05) is 6.92 Å². The Kier molecular flexibility index (Phi) is 6.06. The summed E-state index contributed by atoms with van der Waals surface area (Å²) in [4.78, 5) is 12.3. The number of thiocarbonyl (C=S) groups is 1. The Labute approximate surface area is 147 Å². The van der Waals surface area contributed by atoms with E-state index in [0.29, 0.717) is 23.6 Å². The molecular formula is C16H14BrFN2O2S. The van der Waals surface area contributed by atoms with E-state index >= 15 is 0 Å². The van der Waals surface area contributed by atoms with E-state index < -0.39 is 11.7 Å². The Morgan fingerprint density at radius 3 is 2.78 bits per heavy atom. The lowest BCUT2D eigenvalue weighted by atomic mass is 10.2. The molecule has 0 aromatic heterocycles. The first-order valence-electron chi connectivity index (χ1n) is 6.80. The third-order valence-electron chi connectivity index (χ3n) is 2.80. The number of carbonyl (C=O) groups is 1. The number of anilines is 1. The van der Waals surface area contributed by atoms with Crippen molar-refractivity contribution in [3.8, 4) is 5.75 Å².